The van der Waals surface area contributed by atoms with Gasteiger partial charge in [0.2, 0.25) is 0 Å². The second-order valence-electron chi connectivity index (χ2n) is 6.47. The number of hydrogen-bond donors (Lipinski definition) is 1. The van der Waals surface area contributed by atoms with Crippen LogP contribution in [0.4, 0.5) is 5.82 Å². The summed E-state index contributed by atoms with van der Waals surface area (Å²) >= 11 is 0. The molecule has 0 radical (unpaired) electrons. The zero-order valence-electron chi connectivity index (χ0n) is 13.9. The first-order chi connectivity index (χ1) is 10.6. The molecule has 1 aromatic heterocycles. The maximum absolute atomic E-state index is 12.9. The Bertz CT molecular complexity index is 555. The summed E-state index contributed by atoms with van der Waals surface area (Å²) in [4.78, 5) is 21.4. The van der Waals surface area contributed by atoms with E-state index in [4.69, 9.17) is 10.5 Å². The van der Waals surface area contributed by atoms with Gasteiger partial charge in [0.15, 0.2) is 0 Å². The Labute approximate surface area is 155 Å². The van der Waals surface area contributed by atoms with Crippen molar-refractivity contribution in [3.8, 4) is 0 Å². The molecule has 0 saturated carbocycles. The fraction of sp³-hybridized carbons (Fsp3) is 0.625. The number of nitrogens with two attached hydrogens (primary N) is 1. The highest BCUT2D eigenvalue weighted by Crippen LogP contribution is 2.30. The standard InChI is InChI=1S/C16H24N4O2.2ClH/c1-16(11-17)4-6-20(12-16)15(21)13-3-2-5-18-14(13)19-7-9-22-10-8-19;;/h2-3,5H,4,6-12,17H2,1H3;2*1H. The van der Waals surface area contributed by atoms with Crippen molar-refractivity contribution in [3.63, 3.8) is 0 Å². The number of hydrogen-bond acceptors (Lipinski definition) is 5. The van der Waals surface area contributed by atoms with Crippen LogP contribution < -0.4 is 10.6 Å². The summed E-state index contributed by atoms with van der Waals surface area (Å²) in [5.41, 5.74) is 6.57. The molecular formula is C16H26Cl2N4O2. The van der Waals surface area contributed by atoms with Crippen molar-refractivity contribution in [2.45, 2.75) is 13.3 Å². The lowest BCUT2D eigenvalue weighted by atomic mass is 9.90. The van der Waals surface area contributed by atoms with Gasteiger partial charge >= 0.3 is 0 Å². The summed E-state index contributed by atoms with van der Waals surface area (Å²) in [6.07, 6.45) is 2.71. The smallest absolute Gasteiger partial charge is 0.257 e. The molecule has 0 aliphatic carbocycles. The number of aromatic nitrogens is 1. The molecule has 2 N–H and O–H groups in total. The van der Waals surface area contributed by atoms with E-state index in [-0.39, 0.29) is 36.1 Å². The average Bonchev–Trinajstić information content (AvgIpc) is 2.98. The van der Waals surface area contributed by atoms with Crippen LogP contribution in [-0.4, -0.2) is 61.7 Å². The van der Waals surface area contributed by atoms with Crippen molar-refractivity contribution in [1.29, 1.82) is 0 Å². The molecule has 0 spiro atoms. The number of pyridine rings is 1. The second-order valence-corrected chi connectivity index (χ2v) is 6.47. The first-order valence-electron chi connectivity index (χ1n) is 7.90. The minimum atomic E-state index is 0. The van der Waals surface area contributed by atoms with Crippen molar-refractivity contribution < 1.29 is 9.53 Å². The van der Waals surface area contributed by atoms with Gasteiger partial charge in [-0.1, -0.05) is 6.92 Å². The molecule has 3 heterocycles. The Balaban J connectivity index is 0.00000144. The number of likely N-dealkylation sites (tertiary alicyclic amines) is 1. The van der Waals surface area contributed by atoms with Crippen molar-refractivity contribution in [2.75, 3.05) is 50.8 Å². The molecule has 0 bridgehead atoms. The molecule has 1 unspecified atom stereocenters. The van der Waals surface area contributed by atoms with Crippen LogP contribution in [0.1, 0.15) is 23.7 Å². The zero-order chi connectivity index (χ0) is 15.6. The molecule has 2 fully saturated rings. The van der Waals surface area contributed by atoms with E-state index in [1.807, 2.05) is 17.0 Å². The van der Waals surface area contributed by atoms with Crippen LogP contribution in [0.2, 0.25) is 0 Å². The van der Waals surface area contributed by atoms with Gasteiger partial charge in [0.25, 0.3) is 5.91 Å². The van der Waals surface area contributed by atoms with E-state index in [0.29, 0.717) is 25.3 Å². The largest absolute Gasteiger partial charge is 0.378 e. The zero-order valence-corrected chi connectivity index (χ0v) is 15.6. The van der Waals surface area contributed by atoms with E-state index in [1.165, 1.54) is 0 Å². The number of halogens is 2. The van der Waals surface area contributed by atoms with Crippen molar-refractivity contribution in [1.82, 2.24) is 9.88 Å². The highest BCUT2D eigenvalue weighted by Gasteiger charge is 2.36. The normalized spacial score (nSPS) is 23.4. The van der Waals surface area contributed by atoms with Crippen LogP contribution in [0, 0.1) is 5.41 Å². The molecule has 24 heavy (non-hydrogen) atoms. The lowest BCUT2D eigenvalue weighted by Crippen LogP contribution is -2.39. The monoisotopic (exact) mass is 376 g/mol. The van der Waals surface area contributed by atoms with Crippen LogP contribution in [0.5, 0.6) is 0 Å². The molecule has 2 saturated heterocycles. The maximum atomic E-state index is 12.9. The molecule has 2 aliphatic heterocycles. The molecule has 6 nitrogen and oxygen atoms in total. The third kappa shape index (κ3) is 4.30. The predicted octanol–water partition coefficient (Wildman–Crippen LogP) is 1.57. The number of anilines is 1. The van der Waals surface area contributed by atoms with Crippen molar-refractivity contribution in [3.05, 3.63) is 23.9 Å². The minimum Gasteiger partial charge on any atom is -0.378 e. The van der Waals surface area contributed by atoms with E-state index in [2.05, 4.69) is 16.8 Å². The minimum absolute atomic E-state index is 0. The summed E-state index contributed by atoms with van der Waals surface area (Å²) in [5.74, 6) is 0.837. The van der Waals surface area contributed by atoms with Crippen molar-refractivity contribution >= 4 is 36.5 Å². The molecule has 1 aromatic rings. The van der Waals surface area contributed by atoms with E-state index in [9.17, 15) is 4.79 Å². The van der Waals surface area contributed by atoms with Gasteiger partial charge in [0.05, 0.1) is 18.8 Å². The molecule has 8 heteroatoms. The Morgan fingerprint density at radius 3 is 2.67 bits per heavy atom. The van der Waals surface area contributed by atoms with Gasteiger partial charge in [-0.2, -0.15) is 0 Å². The van der Waals surface area contributed by atoms with Crippen LogP contribution in [-0.2, 0) is 4.74 Å². The number of carbonyl (C=O) groups is 1. The second kappa shape index (κ2) is 8.85. The Morgan fingerprint density at radius 1 is 1.33 bits per heavy atom. The topological polar surface area (TPSA) is 71.7 Å². The fourth-order valence-electron chi connectivity index (χ4n) is 3.13. The SMILES string of the molecule is CC1(CN)CCN(C(=O)c2cccnc2N2CCOCC2)C1.Cl.Cl. The summed E-state index contributed by atoms with van der Waals surface area (Å²) in [6.45, 7) is 7.16. The van der Waals surface area contributed by atoms with Gasteiger partial charge in [-0.25, -0.2) is 4.98 Å². The highest BCUT2D eigenvalue weighted by atomic mass is 35.5. The Hall–Kier alpha value is -1.08. The van der Waals surface area contributed by atoms with Gasteiger partial charge in [-0.3, -0.25) is 4.79 Å². The molecular weight excluding hydrogens is 351 g/mol. The molecule has 136 valence electrons. The first kappa shape index (κ1) is 21.0. The number of rotatable bonds is 3. The van der Waals surface area contributed by atoms with Crippen LogP contribution in [0.25, 0.3) is 0 Å². The summed E-state index contributed by atoms with van der Waals surface area (Å²) in [7, 11) is 0. The summed E-state index contributed by atoms with van der Waals surface area (Å²) in [6, 6.07) is 3.70. The number of morpholine rings is 1. The third-order valence-corrected chi connectivity index (χ3v) is 4.67. The highest BCUT2D eigenvalue weighted by molar-refractivity contribution is 5.99. The van der Waals surface area contributed by atoms with Crippen molar-refractivity contribution in [2.24, 2.45) is 11.1 Å². The lowest BCUT2D eigenvalue weighted by Gasteiger charge is -2.30. The maximum Gasteiger partial charge on any atom is 0.257 e. The quantitative estimate of drug-likeness (QED) is 0.866. The van der Waals surface area contributed by atoms with Crippen LogP contribution in [0.3, 0.4) is 0 Å². The summed E-state index contributed by atoms with van der Waals surface area (Å²) < 4.78 is 5.38. The van der Waals surface area contributed by atoms with Crippen LogP contribution in [0.15, 0.2) is 18.3 Å². The van der Waals surface area contributed by atoms with Gasteiger partial charge in [0, 0.05) is 32.4 Å². The predicted molar refractivity (Wildman–Crippen MR) is 99.4 cm³/mol. The molecule has 1 atom stereocenters. The average molecular weight is 377 g/mol. The third-order valence-electron chi connectivity index (χ3n) is 4.67. The first-order valence-corrected chi connectivity index (χ1v) is 7.90. The number of ether oxygens (including phenoxy) is 1. The molecule has 0 aromatic carbocycles. The van der Waals surface area contributed by atoms with Gasteiger partial charge in [0.1, 0.15) is 5.82 Å². The van der Waals surface area contributed by atoms with E-state index in [0.717, 1.165) is 38.4 Å². The Morgan fingerprint density at radius 2 is 2.04 bits per heavy atom. The van der Waals surface area contributed by atoms with E-state index < -0.39 is 0 Å². The number of amides is 1. The van der Waals surface area contributed by atoms with Gasteiger partial charge < -0.3 is 20.3 Å². The van der Waals surface area contributed by atoms with E-state index >= 15 is 0 Å². The number of carbonyl (C=O) groups excluding carboxylic acids is 1. The number of nitrogens with zero attached hydrogens (tertiary/aromatic N) is 3. The van der Waals surface area contributed by atoms with Crippen LogP contribution >= 0.6 is 24.8 Å². The fourth-order valence-corrected chi connectivity index (χ4v) is 3.13. The molecule has 3 rings (SSSR count). The van der Waals surface area contributed by atoms with Gasteiger partial charge in [-0.05, 0) is 30.5 Å². The molecule has 2 aliphatic rings. The molecule has 1 amide bonds. The Kier molecular flexibility index (Phi) is 7.73. The lowest BCUT2D eigenvalue weighted by molar-refractivity contribution is 0.0775. The van der Waals surface area contributed by atoms with E-state index in [1.54, 1.807) is 6.20 Å². The summed E-state index contributed by atoms with van der Waals surface area (Å²) in [5, 5.41) is 0. The van der Waals surface area contributed by atoms with Gasteiger partial charge in [-0.15, -0.1) is 24.8 Å².